The number of hydrogen-bond acceptors (Lipinski definition) is 3. The number of anilines is 1. The summed E-state index contributed by atoms with van der Waals surface area (Å²) in [5.74, 6) is -3.49. The molecule has 0 aromatic heterocycles. The van der Waals surface area contributed by atoms with Crippen LogP contribution in [0.1, 0.15) is 13.3 Å². The highest BCUT2D eigenvalue weighted by Crippen LogP contribution is 2.64. The second-order valence-electron chi connectivity index (χ2n) is 4.97. The van der Waals surface area contributed by atoms with Crippen molar-refractivity contribution in [2.45, 2.75) is 17.7 Å². The Morgan fingerprint density at radius 1 is 1.33 bits per heavy atom. The lowest BCUT2D eigenvalue weighted by molar-refractivity contribution is -0.152. The van der Waals surface area contributed by atoms with Crippen molar-refractivity contribution < 1.29 is 23.1 Å². The number of esters is 1. The van der Waals surface area contributed by atoms with Crippen LogP contribution in [0.5, 0.6) is 0 Å². The fourth-order valence-corrected chi connectivity index (χ4v) is 2.37. The van der Waals surface area contributed by atoms with Crippen LogP contribution in [0.25, 0.3) is 0 Å². The summed E-state index contributed by atoms with van der Waals surface area (Å²) in [6.07, 6.45) is 0.243. The summed E-state index contributed by atoms with van der Waals surface area (Å²) in [7, 11) is 0. The first-order chi connectivity index (χ1) is 9.65. The second-order valence-corrected chi connectivity index (χ2v) is 6.45. The van der Waals surface area contributed by atoms with Crippen molar-refractivity contribution in [3.05, 3.63) is 29.8 Å². The van der Waals surface area contributed by atoms with Gasteiger partial charge >= 0.3 is 5.97 Å². The van der Waals surface area contributed by atoms with E-state index in [2.05, 4.69) is 5.32 Å². The lowest BCUT2D eigenvalue weighted by Crippen LogP contribution is -2.26. The molecule has 0 spiro atoms. The molecule has 1 fully saturated rings. The molecule has 1 aliphatic carbocycles. The lowest BCUT2D eigenvalue weighted by Gasteiger charge is -2.11. The minimum absolute atomic E-state index is 0.0524. The van der Waals surface area contributed by atoms with Gasteiger partial charge in [0, 0.05) is 18.2 Å². The Morgan fingerprint density at radius 2 is 1.95 bits per heavy atom. The van der Waals surface area contributed by atoms with Crippen LogP contribution in [0.2, 0.25) is 0 Å². The Morgan fingerprint density at radius 3 is 2.48 bits per heavy atom. The van der Waals surface area contributed by atoms with Crippen LogP contribution in [0.15, 0.2) is 18.2 Å². The van der Waals surface area contributed by atoms with Gasteiger partial charge in [-0.3, -0.25) is 9.59 Å². The Kier molecular flexibility index (Phi) is 4.13. The van der Waals surface area contributed by atoms with E-state index in [4.69, 9.17) is 27.9 Å². The van der Waals surface area contributed by atoms with Gasteiger partial charge in [-0.15, -0.1) is 23.2 Å². The molecule has 1 aromatic rings. The molecule has 0 radical (unpaired) electrons. The minimum Gasteiger partial charge on any atom is -0.455 e. The first kappa shape index (κ1) is 16.0. The van der Waals surface area contributed by atoms with E-state index in [1.54, 1.807) is 0 Å². The van der Waals surface area contributed by atoms with E-state index in [9.17, 15) is 18.4 Å². The molecule has 2 rings (SSSR count). The number of halogens is 4. The molecule has 114 valence electrons. The fraction of sp³-hybridized carbons (Fsp3) is 0.385. The number of rotatable bonds is 4. The topological polar surface area (TPSA) is 55.4 Å². The number of amides is 1. The van der Waals surface area contributed by atoms with Crippen molar-refractivity contribution in [1.29, 1.82) is 0 Å². The van der Waals surface area contributed by atoms with E-state index in [0.29, 0.717) is 0 Å². The third-order valence-electron chi connectivity index (χ3n) is 3.25. The molecular formula is C13H11Cl2F2NO3. The van der Waals surface area contributed by atoms with Gasteiger partial charge in [-0.1, -0.05) is 0 Å². The molecule has 0 bridgehead atoms. The summed E-state index contributed by atoms with van der Waals surface area (Å²) in [6.45, 7) is 0.958. The van der Waals surface area contributed by atoms with Gasteiger partial charge in [0.15, 0.2) is 18.2 Å². The van der Waals surface area contributed by atoms with E-state index >= 15 is 0 Å². The SMILES string of the molecule is C[C@]1(C(=O)OCC(=O)Nc2ccc(F)c(F)c2)CC1(Cl)Cl. The second kappa shape index (κ2) is 5.42. The fourth-order valence-electron chi connectivity index (χ4n) is 1.68. The van der Waals surface area contributed by atoms with Crippen molar-refractivity contribution >= 4 is 40.8 Å². The highest BCUT2D eigenvalue weighted by atomic mass is 35.5. The molecule has 1 atom stereocenters. The van der Waals surface area contributed by atoms with Crippen LogP contribution in [-0.4, -0.2) is 22.8 Å². The van der Waals surface area contributed by atoms with Crippen molar-refractivity contribution in [2.24, 2.45) is 5.41 Å². The Hall–Kier alpha value is -1.40. The van der Waals surface area contributed by atoms with Gasteiger partial charge in [0.2, 0.25) is 0 Å². The highest BCUT2D eigenvalue weighted by Gasteiger charge is 2.69. The van der Waals surface area contributed by atoms with E-state index in [1.807, 2.05) is 0 Å². The molecule has 1 aromatic carbocycles. The van der Waals surface area contributed by atoms with Crippen molar-refractivity contribution in [3.8, 4) is 0 Å². The van der Waals surface area contributed by atoms with Crippen LogP contribution < -0.4 is 5.32 Å². The maximum absolute atomic E-state index is 13.0. The molecule has 1 N–H and O–H groups in total. The van der Waals surface area contributed by atoms with Crippen LogP contribution in [-0.2, 0) is 14.3 Å². The summed E-state index contributed by atoms with van der Waals surface area (Å²) in [5, 5.41) is 2.27. The molecule has 4 nitrogen and oxygen atoms in total. The third kappa shape index (κ3) is 3.27. The third-order valence-corrected chi connectivity index (χ3v) is 4.35. The number of ether oxygens (including phenoxy) is 1. The van der Waals surface area contributed by atoms with Crippen LogP contribution >= 0.6 is 23.2 Å². The van der Waals surface area contributed by atoms with Crippen molar-refractivity contribution in [1.82, 2.24) is 0 Å². The van der Waals surface area contributed by atoms with Crippen LogP contribution in [0, 0.1) is 17.0 Å². The normalized spacial score (nSPS) is 22.5. The quantitative estimate of drug-likeness (QED) is 0.678. The van der Waals surface area contributed by atoms with E-state index in [-0.39, 0.29) is 12.1 Å². The predicted octanol–water partition coefficient (Wildman–Crippen LogP) is 3.03. The summed E-state index contributed by atoms with van der Waals surface area (Å²) in [6, 6.07) is 2.88. The number of benzene rings is 1. The summed E-state index contributed by atoms with van der Waals surface area (Å²) < 4.78 is 29.3. The van der Waals surface area contributed by atoms with E-state index in [0.717, 1.165) is 12.1 Å². The van der Waals surface area contributed by atoms with Gasteiger partial charge in [0.25, 0.3) is 5.91 Å². The average Bonchev–Trinajstić information content (AvgIpc) is 2.91. The predicted molar refractivity (Wildman–Crippen MR) is 73.1 cm³/mol. The van der Waals surface area contributed by atoms with Gasteiger partial charge in [-0.05, 0) is 19.1 Å². The van der Waals surface area contributed by atoms with Crippen molar-refractivity contribution in [2.75, 3.05) is 11.9 Å². The van der Waals surface area contributed by atoms with Gasteiger partial charge in [-0.25, -0.2) is 8.78 Å². The van der Waals surface area contributed by atoms with E-state index in [1.165, 1.54) is 13.0 Å². The van der Waals surface area contributed by atoms with Gasteiger partial charge < -0.3 is 10.1 Å². The highest BCUT2D eigenvalue weighted by molar-refractivity contribution is 6.53. The molecule has 8 heteroatoms. The molecule has 1 amide bonds. The van der Waals surface area contributed by atoms with Crippen molar-refractivity contribution in [3.63, 3.8) is 0 Å². The van der Waals surface area contributed by atoms with E-state index < -0.39 is 39.9 Å². The monoisotopic (exact) mass is 337 g/mol. The zero-order valence-electron chi connectivity index (χ0n) is 10.9. The summed E-state index contributed by atoms with van der Waals surface area (Å²) in [4.78, 5) is 23.3. The first-order valence-corrected chi connectivity index (χ1v) is 6.71. The van der Waals surface area contributed by atoms with Gasteiger partial charge in [0.05, 0.1) is 0 Å². The number of nitrogens with one attached hydrogen (secondary N) is 1. The molecule has 1 saturated carbocycles. The Bertz CT molecular complexity index is 609. The number of alkyl halides is 2. The first-order valence-electron chi connectivity index (χ1n) is 5.96. The molecular weight excluding hydrogens is 327 g/mol. The lowest BCUT2D eigenvalue weighted by atomic mass is 10.1. The maximum atomic E-state index is 13.0. The maximum Gasteiger partial charge on any atom is 0.315 e. The number of hydrogen-bond donors (Lipinski definition) is 1. The average molecular weight is 338 g/mol. The summed E-state index contributed by atoms with van der Waals surface area (Å²) >= 11 is 11.6. The largest absolute Gasteiger partial charge is 0.455 e. The molecule has 0 aliphatic heterocycles. The zero-order valence-corrected chi connectivity index (χ0v) is 12.4. The molecule has 0 heterocycles. The molecule has 0 unspecified atom stereocenters. The smallest absolute Gasteiger partial charge is 0.315 e. The van der Waals surface area contributed by atoms with Crippen LogP contribution in [0.4, 0.5) is 14.5 Å². The molecule has 0 saturated heterocycles. The Labute approximate surface area is 129 Å². The molecule has 21 heavy (non-hydrogen) atoms. The number of carbonyl (C=O) groups excluding carboxylic acids is 2. The van der Waals surface area contributed by atoms with Gasteiger partial charge in [0.1, 0.15) is 9.75 Å². The standard InChI is InChI=1S/C13H11Cl2F2NO3/c1-12(6-13(12,14)15)11(20)21-5-10(19)18-7-2-3-8(16)9(17)4-7/h2-4H,5-6H2,1H3,(H,18,19)/t12-/m1/s1. The summed E-state index contributed by atoms with van der Waals surface area (Å²) in [5.41, 5.74) is -0.977. The Balaban J connectivity index is 1.85. The van der Waals surface area contributed by atoms with Crippen LogP contribution in [0.3, 0.4) is 0 Å². The minimum atomic E-state index is -1.18. The number of carbonyl (C=O) groups is 2. The van der Waals surface area contributed by atoms with Gasteiger partial charge in [-0.2, -0.15) is 0 Å². The molecule has 1 aliphatic rings. The zero-order chi connectivity index (χ0) is 15.8.